The predicted molar refractivity (Wildman–Crippen MR) is 104 cm³/mol. The van der Waals surface area contributed by atoms with E-state index in [2.05, 4.69) is 4.98 Å². The number of nitrogens with zero attached hydrogens (tertiary/aromatic N) is 2. The molecule has 0 spiro atoms. The highest BCUT2D eigenvalue weighted by molar-refractivity contribution is 5.97. The van der Waals surface area contributed by atoms with Crippen LogP contribution in [0.25, 0.3) is 11.0 Å². The molecule has 0 bridgehead atoms. The first-order valence-corrected chi connectivity index (χ1v) is 9.32. The smallest absolute Gasteiger partial charge is 0.289 e. The van der Waals surface area contributed by atoms with Gasteiger partial charge in [0, 0.05) is 31.3 Å². The zero-order chi connectivity index (χ0) is 19.7. The average molecular weight is 376 g/mol. The van der Waals surface area contributed by atoms with Crippen LogP contribution in [0.15, 0.2) is 57.9 Å². The fraction of sp³-hybridized carbons (Fsp3) is 0.273. The molecule has 0 radical (unpaired) electrons. The van der Waals surface area contributed by atoms with E-state index in [0.717, 1.165) is 5.56 Å². The molecule has 0 aliphatic carbocycles. The van der Waals surface area contributed by atoms with Gasteiger partial charge in [0.2, 0.25) is 0 Å². The second kappa shape index (κ2) is 7.38. The highest BCUT2D eigenvalue weighted by Gasteiger charge is 2.31. The summed E-state index contributed by atoms with van der Waals surface area (Å²) < 4.78 is 5.73. The number of pyridine rings is 1. The summed E-state index contributed by atoms with van der Waals surface area (Å²) in [5.41, 5.74) is 1.51. The zero-order valence-corrected chi connectivity index (χ0v) is 15.6. The van der Waals surface area contributed by atoms with Crippen LogP contribution >= 0.6 is 0 Å². The van der Waals surface area contributed by atoms with E-state index in [-0.39, 0.29) is 28.8 Å². The predicted octanol–water partition coefficient (Wildman–Crippen LogP) is 3.23. The Balaban J connectivity index is 1.59. The van der Waals surface area contributed by atoms with Gasteiger partial charge >= 0.3 is 0 Å². The highest BCUT2D eigenvalue weighted by Crippen LogP contribution is 2.23. The summed E-state index contributed by atoms with van der Waals surface area (Å²) in [6, 6.07) is 11.7. The van der Waals surface area contributed by atoms with Gasteiger partial charge in [-0.3, -0.25) is 19.4 Å². The minimum Gasteiger partial charge on any atom is -0.451 e. The number of ketones is 1. The van der Waals surface area contributed by atoms with Crippen molar-refractivity contribution in [3.63, 3.8) is 0 Å². The van der Waals surface area contributed by atoms with Crippen molar-refractivity contribution < 1.29 is 14.0 Å². The monoisotopic (exact) mass is 376 g/mol. The van der Waals surface area contributed by atoms with Crippen molar-refractivity contribution in [3.8, 4) is 0 Å². The Morgan fingerprint density at radius 3 is 2.82 bits per heavy atom. The second-order valence-electron chi connectivity index (χ2n) is 7.14. The van der Waals surface area contributed by atoms with Crippen molar-refractivity contribution >= 4 is 22.7 Å². The lowest BCUT2D eigenvalue weighted by Crippen LogP contribution is -2.42. The summed E-state index contributed by atoms with van der Waals surface area (Å²) >= 11 is 0. The van der Waals surface area contributed by atoms with Crippen molar-refractivity contribution in [2.75, 3.05) is 13.1 Å². The molecule has 0 unspecified atom stereocenters. The lowest BCUT2D eigenvalue weighted by molar-refractivity contribution is 0.0609. The molecule has 1 amide bonds. The molecule has 2 aromatic heterocycles. The highest BCUT2D eigenvalue weighted by atomic mass is 16.3. The van der Waals surface area contributed by atoms with Gasteiger partial charge in [-0.2, -0.15) is 0 Å². The van der Waals surface area contributed by atoms with Crippen LogP contribution in [0.3, 0.4) is 0 Å². The molecule has 6 heteroatoms. The third-order valence-corrected chi connectivity index (χ3v) is 5.09. The van der Waals surface area contributed by atoms with E-state index in [4.69, 9.17) is 4.42 Å². The average Bonchev–Trinajstić information content (AvgIpc) is 2.73. The maximum absolute atomic E-state index is 13.0. The molecule has 6 nitrogen and oxygen atoms in total. The molecule has 1 aromatic carbocycles. The standard InChI is InChI=1S/C22H20N2O4/c1-14-7-8-16-18(25)12-20(28-19(16)11-14)22(27)24-10-4-5-15(13-24)21(26)17-6-2-3-9-23-17/h2-3,6-9,11-12,15H,4-5,10,13H2,1H3/t15-/m1/s1. The molecule has 1 aliphatic heterocycles. The van der Waals surface area contributed by atoms with Crippen LogP contribution in [0, 0.1) is 12.8 Å². The number of carbonyl (C=O) groups is 2. The van der Waals surface area contributed by atoms with E-state index in [0.29, 0.717) is 42.6 Å². The first kappa shape index (κ1) is 18.1. The molecule has 0 N–H and O–H groups in total. The number of benzene rings is 1. The van der Waals surface area contributed by atoms with Gasteiger partial charge in [0.25, 0.3) is 5.91 Å². The van der Waals surface area contributed by atoms with Gasteiger partial charge in [-0.15, -0.1) is 0 Å². The van der Waals surface area contributed by atoms with Crippen molar-refractivity contribution in [2.45, 2.75) is 19.8 Å². The van der Waals surface area contributed by atoms with E-state index >= 15 is 0 Å². The van der Waals surface area contributed by atoms with Gasteiger partial charge in [0.05, 0.1) is 5.39 Å². The van der Waals surface area contributed by atoms with E-state index in [1.165, 1.54) is 6.07 Å². The van der Waals surface area contributed by atoms with Crippen LogP contribution in [0.2, 0.25) is 0 Å². The molecular weight excluding hydrogens is 356 g/mol. The van der Waals surface area contributed by atoms with Crippen LogP contribution in [-0.4, -0.2) is 34.7 Å². The van der Waals surface area contributed by atoms with E-state index in [9.17, 15) is 14.4 Å². The number of carbonyl (C=O) groups excluding carboxylic acids is 2. The minimum atomic E-state index is -0.362. The molecule has 1 fully saturated rings. The largest absolute Gasteiger partial charge is 0.451 e. The van der Waals surface area contributed by atoms with Crippen molar-refractivity contribution in [2.24, 2.45) is 5.92 Å². The first-order chi connectivity index (χ1) is 13.5. The second-order valence-corrected chi connectivity index (χ2v) is 7.14. The SMILES string of the molecule is Cc1ccc2c(=O)cc(C(=O)N3CCC[C@@H](C(=O)c4ccccn4)C3)oc2c1. The Kier molecular flexibility index (Phi) is 4.77. The lowest BCUT2D eigenvalue weighted by atomic mass is 9.91. The number of hydrogen-bond acceptors (Lipinski definition) is 5. The minimum absolute atomic E-state index is 0.00837. The van der Waals surface area contributed by atoms with Gasteiger partial charge < -0.3 is 9.32 Å². The van der Waals surface area contributed by atoms with E-state index in [1.807, 2.05) is 13.0 Å². The maximum atomic E-state index is 13.0. The van der Waals surface area contributed by atoms with Gasteiger partial charge in [0.1, 0.15) is 11.3 Å². The molecule has 1 atom stereocenters. The number of aromatic nitrogens is 1. The van der Waals surface area contributed by atoms with Crippen molar-refractivity contribution in [1.29, 1.82) is 0 Å². The molecule has 3 heterocycles. The number of piperidine rings is 1. The molecule has 28 heavy (non-hydrogen) atoms. The topological polar surface area (TPSA) is 80.5 Å². The van der Waals surface area contributed by atoms with Crippen LogP contribution < -0.4 is 5.43 Å². The van der Waals surface area contributed by atoms with E-state index < -0.39 is 0 Å². The Hall–Kier alpha value is -3.28. The number of fused-ring (bicyclic) bond motifs is 1. The fourth-order valence-corrected chi connectivity index (χ4v) is 3.62. The first-order valence-electron chi connectivity index (χ1n) is 9.32. The zero-order valence-electron chi connectivity index (χ0n) is 15.6. The number of amides is 1. The molecule has 4 rings (SSSR count). The van der Waals surface area contributed by atoms with Crippen molar-refractivity contribution in [1.82, 2.24) is 9.88 Å². The molecule has 142 valence electrons. The quantitative estimate of drug-likeness (QED) is 0.656. The van der Waals surface area contributed by atoms with Gasteiger partial charge in [0.15, 0.2) is 17.0 Å². The Bertz CT molecular complexity index is 1100. The lowest BCUT2D eigenvalue weighted by Gasteiger charge is -2.31. The fourth-order valence-electron chi connectivity index (χ4n) is 3.62. The number of aryl methyl sites for hydroxylation is 1. The molecule has 1 aliphatic rings. The Morgan fingerprint density at radius 1 is 1.18 bits per heavy atom. The third-order valence-electron chi connectivity index (χ3n) is 5.09. The van der Waals surface area contributed by atoms with E-state index in [1.54, 1.807) is 41.4 Å². The summed E-state index contributed by atoms with van der Waals surface area (Å²) in [6.45, 7) is 2.72. The molecular formula is C22H20N2O4. The Morgan fingerprint density at radius 2 is 2.04 bits per heavy atom. The summed E-state index contributed by atoms with van der Waals surface area (Å²) in [5.74, 6) is -0.719. The molecule has 0 saturated carbocycles. The van der Waals surface area contributed by atoms with Crippen LogP contribution in [0.5, 0.6) is 0 Å². The Labute approximate surface area is 161 Å². The third kappa shape index (κ3) is 3.45. The van der Waals surface area contributed by atoms with Crippen molar-refractivity contribution in [3.05, 3.63) is 75.9 Å². The molecule has 3 aromatic rings. The number of likely N-dealkylation sites (tertiary alicyclic amines) is 1. The summed E-state index contributed by atoms with van der Waals surface area (Å²) in [4.78, 5) is 43.7. The maximum Gasteiger partial charge on any atom is 0.289 e. The number of rotatable bonds is 3. The van der Waals surface area contributed by atoms with Gasteiger partial charge in [-0.25, -0.2) is 0 Å². The normalized spacial score (nSPS) is 16.9. The summed E-state index contributed by atoms with van der Waals surface area (Å²) in [5, 5.41) is 0.448. The van der Waals surface area contributed by atoms with Crippen LogP contribution in [-0.2, 0) is 0 Å². The number of Topliss-reactive ketones (excluding diaryl/α,β-unsaturated/α-hetero) is 1. The number of hydrogen-bond donors (Lipinski definition) is 0. The van der Waals surface area contributed by atoms with Crippen LogP contribution in [0.1, 0.15) is 39.4 Å². The summed E-state index contributed by atoms with van der Waals surface area (Å²) in [7, 11) is 0. The summed E-state index contributed by atoms with van der Waals surface area (Å²) in [6.07, 6.45) is 3.01. The van der Waals surface area contributed by atoms with Gasteiger partial charge in [-0.1, -0.05) is 12.1 Å². The van der Waals surface area contributed by atoms with Gasteiger partial charge in [-0.05, 0) is 49.6 Å². The molecule has 1 saturated heterocycles. The van der Waals surface area contributed by atoms with Crippen LogP contribution in [0.4, 0.5) is 0 Å².